The van der Waals surface area contributed by atoms with Crippen molar-refractivity contribution in [2.24, 2.45) is 0 Å². The summed E-state index contributed by atoms with van der Waals surface area (Å²) in [7, 11) is 0. The van der Waals surface area contributed by atoms with E-state index in [9.17, 15) is 9.18 Å². The Labute approximate surface area is 115 Å². The third kappa shape index (κ3) is 3.69. The molecule has 0 bridgehead atoms. The summed E-state index contributed by atoms with van der Waals surface area (Å²) in [4.78, 5) is 11.8. The van der Waals surface area contributed by atoms with E-state index in [4.69, 9.17) is 11.6 Å². The van der Waals surface area contributed by atoms with Gasteiger partial charge in [-0.3, -0.25) is 0 Å². The van der Waals surface area contributed by atoms with Gasteiger partial charge < -0.3 is 10.6 Å². The molecule has 2 aromatic carbocycles. The molecule has 2 aromatic rings. The van der Waals surface area contributed by atoms with Crippen LogP contribution in [0.3, 0.4) is 0 Å². The van der Waals surface area contributed by atoms with Gasteiger partial charge in [-0.15, -0.1) is 0 Å². The molecule has 0 radical (unpaired) electrons. The van der Waals surface area contributed by atoms with Gasteiger partial charge in [-0.25, -0.2) is 9.18 Å². The zero-order valence-corrected chi connectivity index (χ0v) is 11.0. The van der Waals surface area contributed by atoms with Crippen molar-refractivity contribution >= 4 is 29.0 Å². The predicted octanol–water partition coefficient (Wildman–Crippen LogP) is 4.43. The number of hydrogen-bond donors (Lipinski definition) is 2. The van der Waals surface area contributed by atoms with E-state index in [1.165, 1.54) is 18.2 Å². The van der Waals surface area contributed by atoms with Gasteiger partial charge in [0, 0.05) is 16.4 Å². The van der Waals surface area contributed by atoms with E-state index in [2.05, 4.69) is 10.6 Å². The van der Waals surface area contributed by atoms with Crippen LogP contribution in [0.2, 0.25) is 5.02 Å². The van der Waals surface area contributed by atoms with Crippen LogP contribution in [0.5, 0.6) is 0 Å². The summed E-state index contributed by atoms with van der Waals surface area (Å²) in [6.07, 6.45) is 0. The van der Waals surface area contributed by atoms with Gasteiger partial charge in [0.15, 0.2) is 0 Å². The highest BCUT2D eigenvalue weighted by Gasteiger charge is 2.05. The lowest BCUT2D eigenvalue weighted by Gasteiger charge is -2.10. The van der Waals surface area contributed by atoms with E-state index in [1.807, 2.05) is 0 Å². The molecule has 0 fully saturated rings. The molecule has 0 spiro atoms. The molecule has 0 heterocycles. The lowest BCUT2D eigenvalue weighted by Crippen LogP contribution is -2.19. The Balaban J connectivity index is 2.03. The summed E-state index contributed by atoms with van der Waals surface area (Å²) in [5.74, 6) is -0.332. The highest BCUT2D eigenvalue weighted by atomic mass is 35.5. The van der Waals surface area contributed by atoms with Crippen LogP contribution in [0.25, 0.3) is 0 Å². The third-order valence-electron chi connectivity index (χ3n) is 2.54. The molecule has 0 aliphatic heterocycles. The molecule has 2 rings (SSSR count). The first-order valence-corrected chi connectivity index (χ1v) is 6.02. The van der Waals surface area contributed by atoms with Crippen molar-refractivity contribution in [3.63, 3.8) is 0 Å². The summed E-state index contributed by atoms with van der Waals surface area (Å²) < 4.78 is 12.9. The van der Waals surface area contributed by atoms with Crippen molar-refractivity contribution in [1.29, 1.82) is 0 Å². The molecule has 0 aromatic heterocycles. The quantitative estimate of drug-likeness (QED) is 0.838. The second kappa shape index (κ2) is 5.71. The number of urea groups is 1. The van der Waals surface area contributed by atoms with Crippen molar-refractivity contribution < 1.29 is 9.18 Å². The second-order valence-corrected chi connectivity index (χ2v) is 4.48. The molecule has 0 saturated carbocycles. The van der Waals surface area contributed by atoms with Gasteiger partial charge in [-0.1, -0.05) is 11.6 Å². The number of anilines is 2. The fraction of sp³-hybridized carbons (Fsp3) is 0.0714. The minimum Gasteiger partial charge on any atom is -0.308 e. The Kier molecular flexibility index (Phi) is 4.02. The normalized spacial score (nSPS) is 10.1. The first kappa shape index (κ1) is 13.4. The molecule has 19 heavy (non-hydrogen) atoms. The Morgan fingerprint density at radius 2 is 1.79 bits per heavy atom. The Hall–Kier alpha value is -2.07. The van der Waals surface area contributed by atoms with Crippen LogP contribution in [0, 0.1) is 12.7 Å². The molecule has 3 nitrogen and oxygen atoms in total. The van der Waals surface area contributed by atoms with Crippen LogP contribution in [-0.4, -0.2) is 6.03 Å². The highest BCUT2D eigenvalue weighted by Crippen LogP contribution is 2.17. The maximum absolute atomic E-state index is 12.9. The van der Waals surface area contributed by atoms with Crippen molar-refractivity contribution in [3.05, 3.63) is 58.9 Å². The molecule has 2 N–H and O–H groups in total. The van der Waals surface area contributed by atoms with Crippen LogP contribution in [0.15, 0.2) is 42.5 Å². The average molecular weight is 279 g/mol. The smallest absolute Gasteiger partial charge is 0.308 e. The van der Waals surface area contributed by atoms with Crippen LogP contribution < -0.4 is 10.6 Å². The zero-order valence-electron chi connectivity index (χ0n) is 10.2. The molecule has 0 saturated heterocycles. The van der Waals surface area contributed by atoms with Crippen molar-refractivity contribution in [1.82, 2.24) is 0 Å². The summed E-state index contributed by atoms with van der Waals surface area (Å²) in [6.45, 7) is 1.72. The minimum atomic E-state index is -0.392. The van der Waals surface area contributed by atoms with Crippen molar-refractivity contribution in [2.75, 3.05) is 10.6 Å². The fourth-order valence-corrected chi connectivity index (χ4v) is 1.71. The van der Waals surface area contributed by atoms with Gasteiger partial charge >= 0.3 is 6.03 Å². The number of halogens is 2. The monoisotopic (exact) mass is 278 g/mol. The number of amides is 2. The Bertz CT molecular complexity index is 599. The molecular weight excluding hydrogens is 267 g/mol. The van der Waals surface area contributed by atoms with E-state index in [1.54, 1.807) is 31.2 Å². The summed E-state index contributed by atoms with van der Waals surface area (Å²) >= 11 is 5.75. The topological polar surface area (TPSA) is 41.1 Å². The number of rotatable bonds is 2. The molecule has 0 unspecified atom stereocenters. The summed E-state index contributed by atoms with van der Waals surface area (Å²) in [6, 6.07) is 10.5. The SMILES string of the molecule is Cc1cc(F)ccc1NC(=O)Nc1ccc(Cl)cc1. The number of aryl methyl sites for hydroxylation is 1. The predicted molar refractivity (Wildman–Crippen MR) is 75.2 cm³/mol. The molecule has 2 amide bonds. The van der Waals surface area contributed by atoms with Crippen LogP contribution in [0.4, 0.5) is 20.6 Å². The summed E-state index contributed by atoms with van der Waals surface area (Å²) in [5, 5.41) is 5.91. The molecular formula is C14H12ClFN2O. The fourth-order valence-electron chi connectivity index (χ4n) is 1.59. The zero-order chi connectivity index (χ0) is 13.8. The van der Waals surface area contributed by atoms with Crippen molar-refractivity contribution in [2.45, 2.75) is 6.92 Å². The molecule has 0 aliphatic rings. The van der Waals surface area contributed by atoms with Crippen LogP contribution >= 0.6 is 11.6 Å². The number of nitrogens with one attached hydrogen (secondary N) is 2. The van der Waals surface area contributed by atoms with E-state index in [-0.39, 0.29) is 5.82 Å². The Morgan fingerprint density at radius 3 is 2.42 bits per heavy atom. The van der Waals surface area contributed by atoms with Gasteiger partial charge in [0.05, 0.1) is 0 Å². The lowest BCUT2D eigenvalue weighted by atomic mass is 10.2. The molecule has 98 valence electrons. The summed E-state index contributed by atoms with van der Waals surface area (Å²) in [5.41, 5.74) is 1.85. The van der Waals surface area contributed by atoms with Crippen LogP contribution in [-0.2, 0) is 0 Å². The largest absolute Gasteiger partial charge is 0.323 e. The van der Waals surface area contributed by atoms with E-state index in [0.29, 0.717) is 22.0 Å². The number of carbonyl (C=O) groups excluding carboxylic acids is 1. The second-order valence-electron chi connectivity index (χ2n) is 4.05. The molecule has 0 aliphatic carbocycles. The Morgan fingerprint density at radius 1 is 1.11 bits per heavy atom. The van der Waals surface area contributed by atoms with Gasteiger partial charge in [-0.2, -0.15) is 0 Å². The lowest BCUT2D eigenvalue weighted by molar-refractivity contribution is 0.262. The van der Waals surface area contributed by atoms with Gasteiger partial charge in [0.2, 0.25) is 0 Å². The van der Waals surface area contributed by atoms with E-state index in [0.717, 1.165) is 0 Å². The van der Waals surface area contributed by atoms with Crippen molar-refractivity contribution in [3.8, 4) is 0 Å². The standard InChI is InChI=1S/C14H12ClFN2O/c1-9-8-11(16)4-7-13(9)18-14(19)17-12-5-2-10(15)3-6-12/h2-8H,1H3,(H2,17,18,19). The average Bonchev–Trinajstić information content (AvgIpc) is 2.36. The first-order valence-electron chi connectivity index (χ1n) is 5.64. The van der Waals surface area contributed by atoms with Gasteiger partial charge in [-0.05, 0) is 55.0 Å². The number of benzene rings is 2. The number of carbonyl (C=O) groups is 1. The maximum atomic E-state index is 12.9. The highest BCUT2D eigenvalue weighted by molar-refractivity contribution is 6.30. The first-order chi connectivity index (χ1) is 9.04. The van der Waals surface area contributed by atoms with Crippen LogP contribution in [0.1, 0.15) is 5.56 Å². The molecule has 5 heteroatoms. The van der Waals surface area contributed by atoms with E-state index >= 15 is 0 Å². The molecule has 0 atom stereocenters. The third-order valence-corrected chi connectivity index (χ3v) is 2.79. The van der Waals surface area contributed by atoms with Gasteiger partial charge in [0.1, 0.15) is 5.82 Å². The minimum absolute atomic E-state index is 0.332. The van der Waals surface area contributed by atoms with Gasteiger partial charge in [0.25, 0.3) is 0 Å². The number of hydrogen-bond acceptors (Lipinski definition) is 1. The maximum Gasteiger partial charge on any atom is 0.323 e. The van der Waals surface area contributed by atoms with E-state index < -0.39 is 6.03 Å².